The first kappa shape index (κ1) is 32.4. The number of sulfonamides is 1. The molecule has 3 aromatic rings. The summed E-state index contributed by atoms with van der Waals surface area (Å²) < 4.78 is 34.3. The molecule has 1 fully saturated rings. The Morgan fingerprint density at radius 2 is 1.67 bits per heavy atom. The molecule has 1 unspecified atom stereocenters. The highest BCUT2D eigenvalue weighted by Crippen LogP contribution is 2.27. The van der Waals surface area contributed by atoms with E-state index in [1.165, 1.54) is 24.1 Å². The molecule has 4 rings (SSSR count). The molecule has 8 nitrogen and oxygen atoms in total. The van der Waals surface area contributed by atoms with Crippen LogP contribution in [0.2, 0.25) is 5.02 Å². The van der Waals surface area contributed by atoms with Crippen LogP contribution in [0.3, 0.4) is 0 Å². The number of benzene rings is 3. The minimum Gasteiger partial charge on any atom is -0.497 e. The fourth-order valence-electron chi connectivity index (χ4n) is 5.48. The first-order chi connectivity index (χ1) is 20.6. The lowest BCUT2D eigenvalue weighted by Crippen LogP contribution is -2.54. The number of nitrogens with one attached hydrogen (secondary N) is 1. The van der Waals surface area contributed by atoms with Crippen LogP contribution < -0.4 is 14.4 Å². The third-order valence-electron chi connectivity index (χ3n) is 7.81. The van der Waals surface area contributed by atoms with E-state index in [-0.39, 0.29) is 29.1 Å². The number of rotatable bonds is 12. The third kappa shape index (κ3) is 8.30. The molecule has 1 atom stereocenters. The van der Waals surface area contributed by atoms with Crippen molar-refractivity contribution in [2.24, 2.45) is 0 Å². The minimum atomic E-state index is -4.19. The van der Waals surface area contributed by atoms with Gasteiger partial charge in [-0.1, -0.05) is 67.6 Å². The molecule has 1 aliphatic rings. The number of hydrogen-bond donors (Lipinski definition) is 1. The second-order valence-electron chi connectivity index (χ2n) is 10.9. The lowest BCUT2D eigenvalue weighted by Gasteiger charge is -2.34. The monoisotopic (exact) mass is 625 g/mol. The SMILES string of the molecule is CCC(C(=O)NC1CCCCC1)N(Cc1cccc(C)c1)C(=O)CN(c1ccc(Cl)cc1)S(=O)(=O)c1ccc(OC)cc1. The summed E-state index contributed by atoms with van der Waals surface area (Å²) in [5.74, 6) is -0.196. The Balaban J connectivity index is 1.70. The molecule has 1 aliphatic carbocycles. The van der Waals surface area contributed by atoms with Crippen molar-refractivity contribution in [2.45, 2.75) is 75.9 Å². The van der Waals surface area contributed by atoms with E-state index in [0.29, 0.717) is 17.2 Å². The molecule has 0 radical (unpaired) electrons. The summed E-state index contributed by atoms with van der Waals surface area (Å²) in [5, 5.41) is 3.60. The predicted octanol–water partition coefficient (Wildman–Crippen LogP) is 6.11. The van der Waals surface area contributed by atoms with E-state index in [9.17, 15) is 18.0 Å². The number of hydrogen-bond acceptors (Lipinski definition) is 5. The van der Waals surface area contributed by atoms with Crippen molar-refractivity contribution in [3.05, 3.63) is 88.9 Å². The zero-order valence-corrected chi connectivity index (χ0v) is 26.5. The minimum absolute atomic E-state index is 0.00312. The summed E-state index contributed by atoms with van der Waals surface area (Å²) >= 11 is 6.11. The molecule has 0 aromatic heterocycles. The number of ether oxygens (including phenoxy) is 1. The molecular formula is C33H40ClN3O5S. The molecule has 10 heteroatoms. The number of carbonyl (C=O) groups excluding carboxylic acids is 2. The Bertz CT molecular complexity index is 1490. The second kappa shape index (κ2) is 14.8. The van der Waals surface area contributed by atoms with Crippen molar-refractivity contribution in [1.29, 1.82) is 0 Å². The van der Waals surface area contributed by atoms with E-state index in [2.05, 4.69) is 5.32 Å². The van der Waals surface area contributed by atoms with Crippen molar-refractivity contribution < 1.29 is 22.7 Å². The highest BCUT2D eigenvalue weighted by Gasteiger charge is 2.34. The van der Waals surface area contributed by atoms with Crippen LogP contribution in [0.15, 0.2) is 77.7 Å². The number of nitrogens with zero attached hydrogens (tertiary/aromatic N) is 2. The van der Waals surface area contributed by atoms with Gasteiger partial charge in [0.1, 0.15) is 18.3 Å². The largest absolute Gasteiger partial charge is 0.497 e. The Labute approximate surface area is 260 Å². The van der Waals surface area contributed by atoms with Gasteiger partial charge in [0.25, 0.3) is 10.0 Å². The van der Waals surface area contributed by atoms with Crippen LogP contribution in [0.1, 0.15) is 56.6 Å². The van der Waals surface area contributed by atoms with Gasteiger partial charge in [-0.2, -0.15) is 0 Å². The van der Waals surface area contributed by atoms with E-state index in [4.69, 9.17) is 16.3 Å². The van der Waals surface area contributed by atoms with Crippen LogP contribution in [0.4, 0.5) is 5.69 Å². The van der Waals surface area contributed by atoms with Crippen LogP contribution in [0.5, 0.6) is 5.75 Å². The van der Waals surface area contributed by atoms with Crippen molar-refractivity contribution >= 4 is 39.1 Å². The first-order valence-corrected chi connectivity index (χ1v) is 16.5. The zero-order valence-electron chi connectivity index (χ0n) is 25.0. The highest BCUT2D eigenvalue weighted by atomic mass is 35.5. The van der Waals surface area contributed by atoms with E-state index >= 15 is 0 Å². The Morgan fingerprint density at radius 1 is 1.00 bits per heavy atom. The van der Waals surface area contributed by atoms with Crippen LogP contribution in [-0.4, -0.2) is 50.9 Å². The lowest BCUT2D eigenvalue weighted by molar-refractivity contribution is -0.140. The maximum absolute atomic E-state index is 14.3. The summed E-state index contributed by atoms with van der Waals surface area (Å²) in [6.45, 7) is 3.49. The number of halogens is 1. The molecule has 0 saturated heterocycles. The maximum Gasteiger partial charge on any atom is 0.264 e. The molecule has 0 heterocycles. The maximum atomic E-state index is 14.3. The van der Waals surface area contributed by atoms with Gasteiger partial charge in [0.15, 0.2) is 0 Å². The molecular weight excluding hydrogens is 586 g/mol. The first-order valence-electron chi connectivity index (χ1n) is 14.7. The molecule has 230 valence electrons. The van der Waals surface area contributed by atoms with Gasteiger partial charge in [-0.25, -0.2) is 8.42 Å². The Hall–Kier alpha value is -3.56. The number of amides is 2. The average Bonchev–Trinajstić information content (AvgIpc) is 3.00. The topological polar surface area (TPSA) is 96.0 Å². The van der Waals surface area contributed by atoms with Crippen molar-refractivity contribution in [3.63, 3.8) is 0 Å². The summed E-state index contributed by atoms with van der Waals surface area (Å²) in [5.41, 5.74) is 2.16. The molecule has 1 N–H and O–H groups in total. The Kier molecular flexibility index (Phi) is 11.1. The number of methoxy groups -OCH3 is 1. The van der Waals surface area contributed by atoms with Crippen LogP contribution in [-0.2, 0) is 26.2 Å². The fraction of sp³-hybridized carbons (Fsp3) is 0.394. The van der Waals surface area contributed by atoms with Gasteiger partial charge in [0.2, 0.25) is 11.8 Å². The van der Waals surface area contributed by atoms with Gasteiger partial charge >= 0.3 is 0 Å². The zero-order chi connectivity index (χ0) is 31.0. The normalized spacial score (nSPS) is 14.5. The van der Waals surface area contributed by atoms with Crippen molar-refractivity contribution in [2.75, 3.05) is 18.0 Å². The summed E-state index contributed by atoms with van der Waals surface area (Å²) in [4.78, 5) is 29.4. The quantitative estimate of drug-likeness (QED) is 0.262. The van der Waals surface area contributed by atoms with Gasteiger partial charge in [0.05, 0.1) is 17.7 Å². The second-order valence-corrected chi connectivity index (χ2v) is 13.2. The number of carbonyl (C=O) groups is 2. The van der Waals surface area contributed by atoms with E-state index < -0.39 is 28.5 Å². The summed E-state index contributed by atoms with van der Waals surface area (Å²) in [7, 11) is -2.69. The van der Waals surface area contributed by atoms with Gasteiger partial charge in [-0.3, -0.25) is 13.9 Å². The van der Waals surface area contributed by atoms with Gasteiger partial charge in [0, 0.05) is 17.6 Å². The highest BCUT2D eigenvalue weighted by molar-refractivity contribution is 7.92. The molecule has 43 heavy (non-hydrogen) atoms. The number of aryl methyl sites for hydroxylation is 1. The molecule has 2 amide bonds. The number of anilines is 1. The molecule has 1 saturated carbocycles. The fourth-order valence-corrected chi connectivity index (χ4v) is 7.02. The summed E-state index contributed by atoms with van der Waals surface area (Å²) in [6, 6.07) is 19.3. The summed E-state index contributed by atoms with van der Waals surface area (Å²) in [6.07, 6.45) is 5.49. The van der Waals surface area contributed by atoms with Gasteiger partial charge in [-0.15, -0.1) is 0 Å². The third-order valence-corrected chi connectivity index (χ3v) is 9.85. The van der Waals surface area contributed by atoms with Crippen LogP contribution >= 0.6 is 11.6 Å². The molecule has 0 aliphatic heterocycles. The van der Waals surface area contributed by atoms with Crippen molar-refractivity contribution in [3.8, 4) is 5.75 Å². The van der Waals surface area contributed by atoms with Gasteiger partial charge in [-0.05, 0) is 80.3 Å². The van der Waals surface area contributed by atoms with Crippen molar-refractivity contribution in [1.82, 2.24) is 10.2 Å². The predicted molar refractivity (Wildman–Crippen MR) is 170 cm³/mol. The van der Waals surface area contributed by atoms with Crippen LogP contribution in [0.25, 0.3) is 0 Å². The van der Waals surface area contributed by atoms with E-state index in [1.54, 1.807) is 36.4 Å². The standard InChI is InChI=1S/C33H40ClN3O5S/c1-4-31(33(39)35-27-11-6-5-7-12-27)36(22-25-10-8-9-24(2)21-25)32(38)23-37(28-15-13-26(34)14-16-28)43(40,41)30-19-17-29(42-3)18-20-30/h8-10,13-21,27,31H,4-7,11-12,22-23H2,1-3H3,(H,35,39). The van der Waals surface area contributed by atoms with Gasteiger partial charge < -0.3 is 15.0 Å². The Morgan fingerprint density at radius 3 is 2.28 bits per heavy atom. The molecule has 0 bridgehead atoms. The van der Waals surface area contributed by atoms with E-state index in [1.807, 2.05) is 38.1 Å². The molecule has 0 spiro atoms. The van der Waals surface area contributed by atoms with E-state index in [0.717, 1.165) is 47.5 Å². The molecule has 3 aromatic carbocycles. The van der Waals surface area contributed by atoms with Crippen LogP contribution in [0, 0.1) is 6.92 Å². The smallest absolute Gasteiger partial charge is 0.264 e. The lowest BCUT2D eigenvalue weighted by atomic mass is 9.95. The average molecular weight is 626 g/mol.